The van der Waals surface area contributed by atoms with Gasteiger partial charge in [-0.2, -0.15) is 9.36 Å². The van der Waals surface area contributed by atoms with Crippen molar-refractivity contribution in [3.8, 4) is 0 Å². The molecule has 1 aromatic heterocycles. The number of anilines is 1. The second-order valence-corrected chi connectivity index (χ2v) is 20.6. The number of carbonyl (C=O) groups is 5. The van der Waals surface area contributed by atoms with Crippen LogP contribution < -0.4 is 11.1 Å². The third-order valence-corrected chi connectivity index (χ3v) is 14.4. The Morgan fingerprint density at radius 2 is 1.33 bits per heavy atom. The SMILES string of the molecule is CC(C)(C)OC(=O)N1CCC(N2CCC(=CC3=C(C(=O)OC(c4ccccc4)c4ccccc4)N4C(=O)[C@@H](NC(=O)C(=NOC(c5ccccc5)(c5ccccc5)c5ccccc5)c5nsc(N)n5)C4CC3)C2=O)C1. The van der Waals surface area contributed by atoms with E-state index in [0.717, 1.165) is 28.2 Å². The molecule has 5 aromatic carbocycles. The number of benzene rings is 5. The van der Waals surface area contributed by atoms with E-state index in [2.05, 4.69) is 19.8 Å². The van der Waals surface area contributed by atoms with Crippen molar-refractivity contribution in [1.29, 1.82) is 0 Å². The maximum absolute atomic E-state index is 15.0. The van der Waals surface area contributed by atoms with Gasteiger partial charge in [-0.25, -0.2) is 9.59 Å². The first-order valence-electron chi connectivity index (χ1n) is 25.0. The molecule has 4 aliphatic rings. The van der Waals surface area contributed by atoms with Gasteiger partial charge in [0.15, 0.2) is 11.2 Å². The van der Waals surface area contributed by atoms with Gasteiger partial charge in [-0.05, 0) is 69.2 Å². The number of rotatable bonds is 14. The molecule has 3 saturated heterocycles. The van der Waals surface area contributed by atoms with Crippen molar-refractivity contribution in [2.24, 2.45) is 5.16 Å². The van der Waals surface area contributed by atoms with Gasteiger partial charge in [0.1, 0.15) is 17.3 Å². The summed E-state index contributed by atoms with van der Waals surface area (Å²) in [5.41, 5.74) is 8.23. The average Bonchev–Trinajstić information content (AvgIpc) is 4.23. The number of aromatic nitrogens is 2. The van der Waals surface area contributed by atoms with Crippen LogP contribution in [0.5, 0.6) is 0 Å². The van der Waals surface area contributed by atoms with E-state index in [9.17, 15) is 24.0 Å². The fourth-order valence-electron chi connectivity index (χ4n) is 10.3. The maximum atomic E-state index is 15.0. The molecule has 382 valence electrons. The zero-order valence-electron chi connectivity index (χ0n) is 41.7. The molecule has 3 fully saturated rings. The van der Waals surface area contributed by atoms with E-state index in [4.69, 9.17) is 20.0 Å². The third-order valence-electron chi connectivity index (χ3n) is 13.8. The highest BCUT2D eigenvalue weighted by Gasteiger charge is 2.54. The number of fused-ring (bicyclic) bond motifs is 1. The molecule has 16 nitrogen and oxygen atoms in total. The fraction of sp³-hybridized carbons (Fsp3) is 0.276. The average molecular weight is 1030 g/mol. The number of oxime groups is 1. The minimum Gasteiger partial charge on any atom is -0.448 e. The number of ether oxygens (including phenoxy) is 2. The Balaban J connectivity index is 0.969. The van der Waals surface area contributed by atoms with Crippen molar-refractivity contribution in [1.82, 2.24) is 29.4 Å². The summed E-state index contributed by atoms with van der Waals surface area (Å²) in [6, 6.07) is 45.1. The van der Waals surface area contributed by atoms with Gasteiger partial charge < -0.3 is 35.2 Å². The number of carbonyl (C=O) groups excluding carboxylic acids is 5. The summed E-state index contributed by atoms with van der Waals surface area (Å²) in [6.07, 6.45) is 2.01. The normalized spacial score (nSPS) is 19.5. The van der Waals surface area contributed by atoms with E-state index in [0.29, 0.717) is 61.2 Å². The minimum atomic E-state index is -1.37. The van der Waals surface area contributed by atoms with Crippen LogP contribution in [0.1, 0.15) is 86.2 Å². The summed E-state index contributed by atoms with van der Waals surface area (Å²) in [5, 5.41) is 7.55. The van der Waals surface area contributed by atoms with Crippen LogP contribution in [-0.4, -0.2) is 103 Å². The molecule has 3 atom stereocenters. The summed E-state index contributed by atoms with van der Waals surface area (Å²) in [4.78, 5) is 87.5. The third kappa shape index (κ3) is 10.3. The van der Waals surface area contributed by atoms with E-state index >= 15 is 0 Å². The van der Waals surface area contributed by atoms with Crippen LogP contribution in [0, 0.1) is 0 Å². The van der Waals surface area contributed by atoms with Gasteiger partial charge in [0.2, 0.25) is 23.0 Å². The number of hydrogen-bond acceptors (Lipinski definition) is 13. The molecule has 4 amide bonds. The summed E-state index contributed by atoms with van der Waals surface area (Å²) in [6.45, 7) is 6.65. The number of nitrogens with two attached hydrogens (primary N) is 1. The molecule has 0 saturated carbocycles. The Bertz CT molecular complexity index is 3050. The predicted octanol–water partition coefficient (Wildman–Crippen LogP) is 8.08. The van der Waals surface area contributed by atoms with Crippen LogP contribution in [0.4, 0.5) is 9.93 Å². The van der Waals surface area contributed by atoms with Gasteiger partial charge in [-0.1, -0.05) is 157 Å². The van der Waals surface area contributed by atoms with E-state index in [1.54, 1.807) is 15.9 Å². The molecular formula is C58H56N8O8S. The topological polar surface area (TPSA) is 199 Å². The molecular weight excluding hydrogens is 969 g/mol. The molecule has 5 heterocycles. The van der Waals surface area contributed by atoms with Gasteiger partial charge in [0.25, 0.3) is 11.8 Å². The Hall–Kier alpha value is -8.44. The number of nitrogens with one attached hydrogen (secondary N) is 1. The molecule has 0 spiro atoms. The second kappa shape index (κ2) is 21.2. The molecule has 0 bridgehead atoms. The standard InChI is InChI=1S/C58H56N8O8S/c1-57(2,3)73-56(71)64-33-32-44(36-64)65-34-31-40(52(65)68)35-39-29-30-45-46(53(69)66(45)48(39)54(70)72-49(37-19-9-4-10-20-37)38-21-11-5-12-22-38)60-51(67)47(50-61-55(59)75-63-50)62-74-58(41-23-13-6-14-24-41,42-25-15-7-16-26-42)43-27-17-8-18-28-43/h4-28,35,44-46,49H,29-34,36H2,1-3H3,(H,60,67)(H2,59,61,63)/t44?,45?,46-/m0/s1. The Labute approximate surface area is 438 Å². The number of allylic oxidation sites excluding steroid dienone is 2. The van der Waals surface area contributed by atoms with Gasteiger partial charge in [-0.3, -0.25) is 19.3 Å². The summed E-state index contributed by atoms with van der Waals surface area (Å²) in [7, 11) is 0. The van der Waals surface area contributed by atoms with E-state index in [1.807, 2.05) is 172 Å². The van der Waals surface area contributed by atoms with Gasteiger partial charge in [-0.15, -0.1) is 0 Å². The van der Waals surface area contributed by atoms with Crippen LogP contribution in [0.15, 0.2) is 180 Å². The van der Waals surface area contributed by atoms with Crippen molar-refractivity contribution < 1.29 is 38.3 Å². The largest absolute Gasteiger partial charge is 0.448 e. The molecule has 10 rings (SSSR count). The summed E-state index contributed by atoms with van der Waals surface area (Å²) >= 11 is 0.873. The number of amides is 4. The van der Waals surface area contributed by atoms with Gasteiger partial charge >= 0.3 is 12.1 Å². The summed E-state index contributed by atoms with van der Waals surface area (Å²) < 4.78 is 16.4. The summed E-state index contributed by atoms with van der Waals surface area (Å²) in [5.74, 6) is -2.47. The zero-order valence-corrected chi connectivity index (χ0v) is 42.5. The van der Waals surface area contributed by atoms with Crippen molar-refractivity contribution in [3.05, 3.63) is 208 Å². The van der Waals surface area contributed by atoms with Crippen molar-refractivity contribution in [2.75, 3.05) is 25.4 Å². The van der Waals surface area contributed by atoms with E-state index < -0.39 is 53.3 Å². The smallest absolute Gasteiger partial charge is 0.410 e. The molecule has 75 heavy (non-hydrogen) atoms. The number of nitrogen functional groups attached to an aromatic ring is 1. The molecule has 2 unspecified atom stereocenters. The lowest BCUT2D eigenvalue weighted by Gasteiger charge is -2.50. The van der Waals surface area contributed by atoms with Crippen LogP contribution >= 0.6 is 11.5 Å². The number of likely N-dealkylation sites (tertiary alicyclic amines) is 2. The van der Waals surface area contributed by atoms with Crippen LogP contribution in [0.2, 0.25) is 0 Å². The Kier molecular flexibility index (Phi) is 14.2. The predicted molar refractivity (Wildman–Crippen MR) is 281 cm³/mol. The second-order valence-electron chi connectivity index (χ2n) is 19.8. The van der Waals surface area contributed by atoms with Crippen LogP contribution in [0.25, 0.3) is 0 Å². The monoisotopic (exact) mass is 1020 g/mol. The van der Waals surface area contributed by atoms with Crippen molar-refractivity contribution in [3.63, 3.8) is 0 Å². The van der Waals surface area contributed by atoms with Crippen LogP contribution in [0.3, 0.4) is 0 Å². The quantitative estimate of drug-likeness (QED) is 0.0267. The molecule has 3 N–H and O–H groups in total. The van der Waals surface area contributed by atoms with Crippen molar-refractivity contribution >= 4 is 52.2 Å². The lowest BCUT2D eigenvalue weighted by molar-refractivity contribution is -0.158. The molecule has 6 aromatic rings. The Morgan fingerprint density at radius 3 is 1.87 bits per heavy atom. The maximum Gasteiger partial charge on any atom is 0.410 e. The highest BCUT2D eigenvalue weighted by atomic mass is 32.1. The molecule has 0 radical (unpaired) electrons. The van der Waals surface area contributed by atoms with Crippen LogP contribution in [-0.2, 0) is 39.1 Å². The van der Waals surface area contributed by atoms with Gasteiger partial charge in [0, 0.05) is 53.4 Å². The van der Waals surface area contributed by atoms with E-state index in [-0.39, 0.29) is 40.7 Å². The zero-order chi connectivity index (χ0) is 52.3. The number of hydrogen-bond donors (Lipinski definition) is 2. The molecule has 0 aliphatic carbocycles. The number of β-lactam (4-membered cyclic amide) rings is 1. The first kappa shape index (κ1) is 50.1. The van der Waals surface area contributed by atoms with Gasteiger partial charge in [0.05, 0.1) is 12.1 Å². The highest BCUT2D eigenvalue weighted by molar-refractivity contribution is 7.09. The minimum absolute atomic E-state index is 0.0149. The highest BCUT2D eigenvalue weighted by Crippen LogP contribution is 2.43. The van der Waals surface area contributed by atoms with E-state index in [1.165, 1.54) is 4.90 Å². The first-order valence-corrected chi connectivity index (χ1v) is 25.8. The lowest BCUT2D eigenvalue weighted by atomic mass is 9.80. The molecule has 4 aliphatic heterocycles. The number of nitrogens with zero attached hydrogens (tertiary/aromatic N) is 6. The fourth-order valence-corrected chi connectivity index (χ4v) is 10.7. The van der Waals surface area contributed by atoms with Crippen molar-refractivity contribution in [2.45, 2.75) is 81.9 Å². The Morgan fingerprint density at radius 1 is 0.773 bits per heavy atom. The lowest BCUT2D eigenvalue weighted by Crippen LogP contribution is -2.72. The molecule has 17 heteroatoms. The first-order chi connectivity index (χ1) is 36.3. The number of esters is 1.